The highest BCUT2D eigenvalue weighted by atomic mass is 16.6. The minimum absolute atomic E-state index is 0.0721. The van der Waals surface area contributed by atoms with Crippen LogP contribution in [0.15, 0.2) is 23.0 Å². The van der Waals surface area contributed by atoms with E-state index in [-0.39, 0.29) is 24.1 Å². The first-order valence-electron chi connectivity index (χ1n) is 8.18. The second-order valence-electron chi connectivity index (χ2n) is 6.45. The molecule has 1 heterocycles. The van der Waals surface area contributed by atoms with E-state index in [0.717, 1.165) is 36.8 Å². The first kappa shape index (κ1) is 15.1. The van der Waals surface area contributed by atoms with Crippen molar-refractivity contribution < 1.29 is 9.63 Å². The van der Waals surface area contributed by atoms with Gasteiger partial charge in [0.15, 0.2) is 0 Å². The Morgan fingerprint density at radius 3 is 2.71 bits per heavy atom. The van der Waals surface area contributed by atoms with E-state index >= 15 is 0 Å². The average molecular weight is 329 g/mol. The van der Waals surface area contributed by atoms with Crippen LogP contribution in [0.1, 0.15) is 42.7 Å². The maximum atomic E-state index is 12.2. The third kappa shape index (κ3) is 2.84. The molecular weight excluding hydrogens is 310 g/mol. The quantitative estimate of drug-likeness (QED) is 0.792. The molecule has 2 fully saturated rings. The first-order valence-corrected chi connectivity index (χ1v) is 8.18. The van der Waals surface area contributed by atoms with E-state index in [1.807, 2.05) is 18.2 Å². The number of aromatic nitrogens is 4. The molecule has 0 radical (unpaired) electrons. The van der Waals surface area contributed by atoms with Crippen LogP contribution in [-0.2, 0) is 23.3 Å². The minimum Gasteiger partial charge on any atom is -0.273 e. The summed E-state index contributed by atoms with van der Waals surface area (Å²) in [5.41, 5.74) is 4.87. The zero-order chi connectivity index (χ0) is 16.7. The van der Waals surface area contributed by atoms with E-state index in [1.54, 1.807) is 7.05 Å². The van der Waals surface area contributed by atoms with Gasteiger partial charge in [-0.05, 0) is 53.7 Å². The standard InChI is InChI=1S/C16H19N5O3/c1-20-16(23)21(19-18-20)14-4-2-3-12(10-5-6-10)13(14)9-24-17-15(22)11-7-8-11/h2-4,10-11H,5-9H2,1H3,(H,17,22). The molecule has 1 aromatic heterocycles. The van der Waals surface area contributed by atoms with Crippen molar-refractivity contribution in [2.24, 2.45) is 13.0 Å². The number of hydroxylamine groups is 1. The van der Waals surface area contributed by atoms with Gasteiger partial charge in [-0.3, -0.25) is 9.63 Å². The Hall–Kier alpha value is -2.48. The van der Waals surface area contributed by atoms with Gasteiger partial charge in [-0.2, -0.15) is 9.36 Å². The number of carbonyl (C=O) groups excluding carboxylic acids is 1. The Balaban J connectivity index is 1.63. The van der Waals surface area contributed by atoms with Crippen LogP contribution in [0.3, 0.4) is 0 Å². The van der Waals surface area contributed by atoms with Crippen LogP contribution in [0.25, 0.3) is 5.69 Å². The molecule has 2 saturated carbocycles. The molecule has 0 aliphatic heterocycles. The van der Waals surface area contributed by atoms with Crippen molar-refractivity contribution in [1.29, 1.82) is 0 Å². The van der Waals surface area contributed by atoms with Gasteiger partial charge in [0.05, 0.1) is 5.69 Å². The number of tetrazole rings is 1. The SMILES string of the molecule is Cn1nnn(-c2cccc(C3CC3)c2CONC(=O)C2CC2)c1=O. The minimum atomic E-state index is -0.314. The summed E-state index contributed by atoms with van der Waals surface area (Å²) in [5, 5.41) is 7.69. The van der Waals surface area contributed by atoms with Crippen molar-refractivity contribution in [3.8, 4) is 5.69 Å². The normalized spacial score (nSPS) is 17.0. The van der Waals surface area contributed by atoms with Crippen LogP contribution in [0.4, 0.5) is 0 Å². The number of rotatable bonds is 6. The topological polar surface area (TPSA) is 91.0 Å². The number of amides is 1. The van der Waals surface area contributed by atoms with Crippen LogP contribution in [0.5, 0.6) is 0 Å². The highest BCUT2D eigenvalue weighted by Gasteiger charge is 2.31. The highest BCUT2D eigenvalue weighted by molar-refractivity contribution is 5.79. The first-order chi connectivity index (χ1) is 11.6. The summed E-state index contributed by atoms with van der Waals surface area (Å²) in [6, 6.07) is 5.78. The van der Waals surface area contributed by atoms with Crippen LogP contribution >= 0.6 is 0 Å². The lowest BCUT2D eigenvalue weighted by Gasteiger charge is -2.14. The van der Waals surface area contributed by atoms with E-state index in [2.05, 4.69) is 15.9 Å². The van der Waals surface area contributed by atoms with Gasteiger partial charge >= 0.3 is 5.69 Å². The van der Waals surface area contributed by atoms with Crippen molar-refractivity contribution in [3.63, 3.8) is 0 Å². The van der Waals surface area contributed by atoms with E-state index in [4.69, 9.17) is 4.84 Å². The maximum Gasteiger partial charge on any atom is 0.368 e. The van der Waals surface area contributed by atoms with Gasteiger partial charge in [0.25, 0.3) is 0 Å². The second kappa shape index (κ2) is 5.86. The summed E-state index contributed by atoms with van der Waals surface area (Å²) in [7, 11) is 1.56. The molecule has 8 heteroatoms. The molecule has 4 rings (SSSR count). The lowest BCUT2D eigenvalue weighted by molar-refractivity contribution is -0.135. The number of hydrogen-bond acceptors (Lipinski definition) is 5. The number of nitrogens with zero attached hydrogens (tertiary/aromatic N) is 4. The van der Waals surface area contributed by atoms with Crippen molar-refractivity contribution in [3.05, 3.63) is 39.8 Å². The summed E-state index contributed by atoms with van der Waals surface area (Å²) >= 11 is 0. The Morgan fingerprint density at radius 2 is 2.08 bits per heavy atom. The molecule has 0 saturated heterocycles. The predicted molar refractivity (Wildman–Crippen MR) is 84.2 cm³/mol. The van der Waals surface area contributed by atoms with Gasteiger partial charge in [-0.15, -0.1) is 0 Å². The highest BCUT2D eigenvalue weighted by Crippen LogP contribution is 2.42. The zero-order valence-corrected chi connectivity index (χ0v) is 13.4. The Kier molecular flexibility index (Phi) is 3.68. The van der Waals surface area contributed by atoms with Gasteiger partial charge in [-0.1, -0.05) is 12.1 Å². The fraction of sp³-hybridized carbons (Fsp3) is 0.500. The third-order valence-electron chi connectivity index (χ3n) is 4.49. The molecule has 2 aliphatic rings. The summed E-state index contributed by atoms with van der Waals surface area (Å²) < 4.78 is 2.45. The number of benzene rings is 1. The predicted octanol–water partition coefficient (Wildman–Crippen LogP) is 0.801. The molecule has 126 valence electrons. The molecule has 8 nitrogen and oxygen atoms in total. The molecule has 24 heavy (non-hydrogen) atoms. The number of nitrogens with one attached hydrogen (secondary N) is 1. The molecule has 2 aromatic rings. The van der Waals surface area contributed by atoms with Gasteiger partial charge in [0, 0.05) is 18.5 Å². The monoisotopic (exact) mass is 329 g/mol. The molecule has 2 aliphatic carbocycles. The van der Waals surface area contributed by atoms with Crippen molar-refractivity contribution in [1.82, 2.24) is 25.3 Å². The smallest absolute Gasteiger partial charge is 0.273 e. The van der Waals surface area contributed by atoms with Gasteiger partial charge in [0.2, 0.25) is 5.91 Å². The van der Waals surface area contributed by atoms with Gasteiger partial charge < -0.3 is 0 Å². The van der Waals surface area contributed by atoms with E-state index in [1.165, 1.54) is 9.36 Å². The van der Waals surface area contributed by atoms with Crippen LogP contribution < -0.4 is 11.2 Å². The largest absolute Gasteiger partial charge is 0.368 e. The van der Waals surface area contributed by atoms with Crippen molar-refractivity contribution in [2.45, 2.75) is 38.2 Å². The van der Waals surface area contributed by atoms with E-state index < -0.39 is 0 Å². The summed E-state index contributed by atoms with van der Waals surface area (Å²) in [5.74, 6) is 0.498. The van der Waals surface area contributed by atoms with Crippen LogP contribution in [-0.4, -0.2) is 25.7 Å². The number of hydrogen-bond donors (Lipinski definition) is 1. The Bertz CT molecular complexity index is 832. The van der Waals surface area contributed by atoms with E-state index in [9.17, 15) is 9.59 Å². The Labute approximate surface area is 138 Å². The maximum absolute atomic E-state index is 12.2. The summed E-state index contributed by atoms with van der Waals surface area (Å²) in [4.78, 5) is 29.4. The lowest BCUT2D eigenvalue weighted by Crippen LogP contribution is -2.26. The van der Waals surface area contributed by atoms with Gasteiger partial charge in [-0.25, -0.2) is 10.3 Å². The lowest BCUT2D eigenvalue weighted by atomic mass is 10.0. The van der Waals surface area contributed by atoms with Crippen LogP contribution in [0.2, 0.25) is 0 Å². The van der Waals surface area contributed by atoms with Crippen molar-refractivity contribution in [2.75, 3.05) is 0 Å². The van der Waals surface area contributed by atoms with Gasteiger partial charge in [0.1, 0.15) is 6.61 Å². The van der Waals surface area contributed by atoms with Crippen LogP contribution in [0, 0.1) is 5.92 Å². The van der Waals surface area contributed by atoms with Crippen molar-refractivity contribution >= 4 is 5.91 Å². The van der Waals surface area contributed by atoms with E-state index in [0.29, 0.717) is 11.6 Å². The molecule has 0 spiro atoms. The molecule has 0 bridgehead atoms. The zero-order valence-electron chi connectivity index (χ0n) is 13.4. The molecular formula is C16H19N5O3. The second-order valence-corrected chi connectivity index (χ2v) is 6.45. The molecule has 0 unspecified atom stereocenters. The number of aryl methyl sites for hydroxylation is 1. The fourth-order valence-corrected chi connectivity index (χ4v) is 2.80. The molecule has 1 N–H and O–H groups in total. The number of carbonyl (C=O) groups is 1. The molecule has 1 amide bonds. The Morgan fingerprint density at radius 1 is 1.29 bits per heavy atom. The molecule has 1 aromatic carbocycles. The average Bonchev–Trinajstić information content (AvgIpc) is 3.48. The summed E-state index contributed by atoms with van der Waals surface area (Å²) in [6.07, 6.45) is 4.10. The summed E-state index contributed by atoms with van der Waals surface area (Å²) in [6.45, 7) is 0.198. The third-order valence-corrected chi connectivity index (χ3v) is 4.49. The molecule has 0 atom stereocenters. The fourth-order valence-electron chi connectivity index (χ4n) is 2.80.